The summed E-state index contributed by atoms with van der Waals surface area (Å²) in [5.41, 5.74) is 0.890. The highest BCUT2D eigenvalue weighted by molar-refractivity contribution is 6.30. The largest absolute Gasteiger partial charge is 0.497 e. The molecule has 0 saturated heterocycles. The van der Waals surface area contributed by atoms with E-state index in [1.54, 1.807) is 47.0 Å². The van der Waals surface area contributed by atoms with Crippen LogP contribution in [0.15, 0.2) is 78.0 Å². The number of fused-ring (bicyclic) bond motifs is 1. The minimum Gasteiger partial charge on any atom is -0.497 e. The number of hydrogen-bond acceptors (Lipinski definition) is 5. The molecule has 2 aromatic carbocycles. The van der Waals surface area contributed by atoms with E-state index in [0.29, 0.717) is 32.9 Å². The summed E-state index contributed by atoms with van der Waals surface area (Å²) in [6.45, 7) is -0.132. The molecule has 2 heterocycles. The molecule has 0 bridgehead atoms. The third-order valence-corrected chi connectivity index (χ3v) is 5.13. The molecule has 4 aromatic rings. The molecule has 160 valence electrons. The number of methoxy groups -OCH3 is 1. The number of benzene rings is 2. The van der Waals surface area contributed by atoms with Gasteiger partial charge in [0, 0.05) is 46.3 Å². The van der Waals surface area contributed by atoms with Gasteiger partial charge in [0.15, 0.2) is 5.78 Å². The molecule has 0 fully saturated rings. The third kappa shape index (κ3) is 4.38. The van der Waals surface area contributed by atoms with Gasteiger partial charge in [0.2, 0.25) is 11.3 Å². The van der Waals surface area contributed by atoms with Crippen molar-refractivity contribution in [3.63, 3.8) is 0 Å². The second-order valence-corrected chi connectivity index (χ2v) is 7.44. The molecule has 0 aliphatic carbocycles. The fourth-order valence-corrected chi connectivity index (χ4v) is 3.56. The van der Waals surface area contributed by atoms with Gasteiger partial charge in [0.25, 0.3) is 0 Å². The van der Waals surface area contributed by atoms with E-state index >= 15 is 0 Å². The molecule has 1 N–H and O–H groups in total. The van der Waals surface area contributed by atoms with E-state index in [4.69, 9.17) is 16.3 Å². The number of anilines is 1. The lowest BCUT2D eigenvalue weighted by Crippen LogP contribution is -2.24. The lowest BCUT2D eigenvalue weighted by atomic mass is 10.0. The van der Waals surface area contributed by atoms with Crippen molar-refractivity contribution in [3.05, 3.63) is 99.6 Å². The summed E-state index contributed by atoms with van der Waals surface area (Å²) >= 11 is 5.98. The lowest BCUT2D eigenvalue weighted by molar-refractivity contribution is -0.116. The minimum atomic E-state index is -0.445. The van der Waals surface area contributed by atoms with Crippen LogP contribution in [0, 0.1) is 0 Å². The maximum absolute atomic E-state index is 13.1. The van der Waals surface area contributed by atoms with Crippen molar-refractivity contribution in [2.75, 3.05) is 12.4 Å². The number of ether oxygens (including phenoxy) is 1. The highest BCUT2D eigenvalue weighted by Gasteiger charge is 2.18. The standard InChI is InChI=1S/C24H18ClN3O4/c1-32-18-5-6-19-21(12-18)28(14-22(29)27-17-4-2-3-16(25)11-17)13-20(24(19)31)23(30)15-7-9-26-10-8-15/h2-13H,14H2,1H3,(H,27,29). The second kappa shape index (κ2) is 9.03. The lowest BCUT2D eigenvalue weighted by Gasteiger charge is -2.14. The smallest absolute Gasteiger partial charge is 0.244 e. The molecule has 0 atom stereocenters. The number of pyridine rings is 2. The van der Waals surface area contributed by atoms with E-state index in [2.05, 4.69) is 10.3 Å². The number of ketones is 1. The van der Waals surface area contributed by atoms with E-state index in [-0.39, 0.29) is 18.0 Å². The third-order valence-electron chi connectivity index (χ3n) is 4.90. The Kier molecular flexibility index (Phi) is 6.00. The van der Waals surface area contributed by atoms with Crippen LogP contribution >= 0.6 is 11.6 Å². The summed E-state index contributed by atoms with van der Waals surface area (Å²) in [6, 6.07) is 14.7. The molecule has 0 aliphatic heterocycles. The number of carbonyl (C=O) groups excluding carboxylic acids is 2. The average Bonchev–Trinajstić information content (AvgIpc) is 2.80. The number of halogens is 1. The molecule has 0 saturated carbocycles. The molecule has 0 unspecified atom stereocenters. The fourth-order valence-electron chi connectivity index (χ4n) is 3.37. The van der Waals surface area contributed by atoms with Crippen LogP contribution in [0.1, 0.15) is 15.9 Å². The Bertz CT molecular complexity index is 1380. The van der Waals surface area contributed by atoms with Crippen LogP contribution in [-0.4, -0.2) is 28.4 Å². The minimum absolute atomic E-state index is 0.0376. The second-order valence-electron chi connectivity index (χ2n) is 7.01. The SMILES string of the molecule is COc1ccc2c(=O)c(C(=O)c3ccncc3)cn(CC(=O)Nc3cccc(Cl)c3)c2c1. The number of carbonyl (C=O) groups is 2. The van der Waals surface area contributed by atoms with Crippen molar-refractivity contribution >= 4 is 39.9 Å². The predicted octanol–water partition coefficient (Wildman–Crippen LogP) is 3.93. The number of nitrogens with one attached hydrogen (secondary N) is 1. The zero-order chi connectivity index (χ0) is 22.7. The summed E-state index contributed by atoms with van der Waals surface area (Å²) in [4.78, 5) is 42.8. The number of amides is 1. The first-order valence-electron chi connectivity index (χ1n) is 9.67. The predicted molar refractivity (Wildman–Crippen MR) is 123 cm³/mol. The van der Waals surface area contributed by atoms with Crippen molar-refractivity contribution in [2.45, 2.75) is 6.54 Å². The Balaban J connectivity index is 1.78. The van der Waals surface area contributed by atoms with Gasteiger partial charge in [-0.05, 0) is 42.5 Å². The van der Waals surface area contributed by atoms with Crippen LogP contribution in [0.2, 0.25) is 5.02 Å². The summed E-state index contributed by atoms with van der Waals surface area (Å²) in [5, 5.41) is 3.57. The highest BCUT2D eigenvalue weighted by atomic mass is 35.5. The van der Waals surface area contributed by atoms with Crippen molar-refractivity contribution in [1.29, 1.82) is 0 Å². The molecule has 4 rings (SSSR count). The van der Waals surface area contributed by atoms with Gasteiger partial charge in [-0.25, -0.2) is 0 Å². The zero-order valence-electron chi connectivity index (χ0n) is 17.0. The normalized spacial score (nSPS) is 10.7. The summed E-state index contributed by atoms with van der Waals surface area (Å²) in [5.74, 6) is -0.268. The van der Waals surface area contributed by atoms with Gasteiger partial charge in [-0.3, -0.25) is 19.4 Å². The molecular weight excluding hydrogens is 430 g/mol. The van der Waals surface area contributed by atoms with Gasteiger partial charge in [-0.2, -0.15) is 0 Å². The monoisotopic (exact) mass is 447 g/mol. The summed E-state index contributed by atoms with van der Waals surface area (Å²) in [6.07, 6.45) is 4.37. The number of hydrogen-bond donors (Lipinski definition) is 1. The molecule has 0 spiro atoms. The first-order valence-corrected chi connectivity index (χ1v) is 10.1. The van der Waals surface area contributed by atoms with Crippen LogP contribution in [0.25, 0.3) is 10.9 Å². The van der Waals surface area contributed by atoms with Gasteiger partial charge >= 0.3 is 0 Å². The van der Waals surface area contributed by atoms with Gasteiger partial charge in [-0.15, -0.1) is 0 Å². The quantitative estimate of drug-likeness (QED) is 0.452. The van der Waals surface area contributed by atoms with Crippen molar-refractivity contribution in [1.82, 2.24) is 9.55 Å². The molecule has 7 nitrogen and oxygen atoms in total. The van der Waals surface area contributed by atoms with Gasteiger partial charge in [-0.1, -0.05) is 17.7 Å². The van der Waals surface area contributed by atoms with Crippen molar-refractivity contribution < 1.29 is 14.3 Å². The van der Waals surface area contributed by atoms with E-state index < -0.39 is 11.2 Å². The van der Waals surface area contributed by atoms with E-state index in [0.717, 1.165) is 0 Å². The molecule has 1 amide bonds. The van der Waals surface area contributed by atoms with Gasteiger partial charge in [0.05, 0.1) is 18.2 Å². The average molecular weight is 448 g/mol. The summed E-state index contributed by atoms with van der Waals surface area (Å²) in [7, 11) is 1.51. The maximum Gasteiger partial charge on any atom is 0.244 e. The van der Waals surface area contributed by atoms with E-state index in [9.17, 15) is 14.4 Å². The topological polar surface area (TPSA) is 90.3 Å². The Hall–Kier alpha value is -3.97. The molecule has 8 heteroatoms. The van der Waals surface area contributed by atoms with Crippen molar-refractivity contribution in [3.8, 4) is 5.75 Å². The van der Waals surface area contributed by atoms with Crippen LogP contribution in [0.4, 0.5) is 5.69 Å². The first kappa shape index (κ1) is 21.3. The molecule has 32 heavy (non-hydrogen) atoms. The Morgan fingerprint density at radius 3 is 2.59 bits per heavy atom. The van der Waals surface area contributed by atoms with E-state index in [1.807, 2.05) is 0 Å². The highest BCUT2D eigenvalue weighted by Crippen LogP contribution is 2.21. The van der Waals surface area contributed by atoms with Gasteiger partial charge < -0.3 is 14.6 Å². The number of aromatic nitrogens is 2. The molecule has 0 radical (unpaired) electrons. The first-order chi connectivity index (χ1) is 15.5. The van der Waals surface area contributed by atoms with E-state index in [1.165, 1.54) is 37.8 Å². The van der Waals surface area contributed by atoms with Gasteiger partial charge in [0.1, 0.15) is 12.3 Å². The molecule has 0 aliphatic rings. The van der Waals surface area contributed by atoms with Crippen LogP contribution in [0.3, 0.4) is 0 Å². The Labute approximate surface area is 188 Å². The fraction of sp³-hybridized carbons (Fsp3) is 0.0833. The van der Waals surface area contributed by atoms with Crippen LogP contribution in [-0.2, 0) is 11.3 Å². The summed E-state index contributed by atoms with van der Waals surface area (Å²) < 4.78 is 6.84. The van der Waals surface area contributed by atoms with Crippen LogP contribution < -0.4 is 15.5 Å². The molecule has 2 aromatic heterocycles. The Morgan fingerprint density at radius 2 is 1.88 bits per heavy atom. The number of rotatable bonds is 6. The van der Waals surface area contributed by atoms with Crippen molar-refractivity contribution in [2.24, 2.45) is 0 Å². The zero-order valence-corrected chi connectivity index (χ0v) is 17.8. The molecular formula is C24H18ClN3O4. The Morgan fingerprint density at radius 1 is 1.09 bits per heavy atom. The maximum atomic E-state index is 13.1. The number of nitrogens with zero attached hydrogens (tertiary/aromatic N) is 2. The van der Waals surface area contributed by atoms with Crippen LogP contribution in [0.5, 0.6) is 5.75 Å².